The highest BCUT2D eigenvalue weighted by atomic mass is 16.5. The summed E-state index contributed by atoms with van der Waals surface area (Å²) in [6.45, 7) is 4.74. The molecule has 2 atom stereocenters. The molecular weight excluding hydrogens is 354 g/mol. The number of nitrogens with zero attached hydrogens (tertiary/aromatic N) is 3. The summed E-state index contributed by atoms with van der Waals surface area (Å²) in [7, 11) is 0. The van der Waals surface area contributed by atoms with Gasteiger partial charge in [-0.1, -0.05) is 24.3 Å². The lowest BCUT2D eigenvalue weighted by Gasteiger charge is -2.35. The molecule has 0 saturated carbocycles. The van der Waals surface area contributed by atoms with E-state index in [9.17, 15) is 4.79 Å². The molecule has 2 unspecified atom stereocenters. The van der Waals surface area contributed by atoms with E-state index in [0.29, 0.717) is 6.61 Å². The van der Waals surface area contributed by atoms with Crippen LogP contribution in [0.4, 0.5) is 0 Å². The second-order valence-electron chi connectivity index (χ2n) is 7.36. The fourth-order valence-corrected chi connectivity index (χ4v) is 3.70. The highest BCUT2D eigenvalue weighted by Gasteiger charge is 2.33. The average molecular weight is 381 g/mol. The monoisotopic (exact) mass is 381 g/mol. The van der Waals surface area contributed by atoms with Crippen LogP contribution in [0.5, 0.6) is 5.75 Å². The zero-order valence-electron chi connectivity index (χ0n) is 16.0. The minimum Gasteiger partial charge on any atom is -0.492 e. The molecule has 7 nitrogen and oxygen atoms in total. The molecule has 28 heavy (non-hydrogen) atoms. The lowest BCUT2D eigenvalue weighted by Crippen LogP contribution is -2.53. The van der Waals surface area contributed by atoms with Gasteiger partial charge in [0.2, 0.25) is 5.91 Å². The van der Waals surface area contributed by atoms with Gasteiger partial charge in [-0.15, -0.1) is 0 Å². The number of hydrogen-bond acceptors (Lipinski definition) is 6. The van der Waals surface area contributed by atoms with Crippen LogP contribution in [0.1, 0.15) is 12.0 Å². The van der Waals surface area contributed by atoms with E-state index >= 15 is 0 Å². The first-order valence-corrected chi connectivity index (χ1v) is 9.87. The van der Waals surface area contributed by atoms with Gasteiger partial charge in [0, 0.05) is 45.1 Å². The maximum Gasteiger partial charge on any atom is 0.241 e. The molecule has 2 saturated heterocycles. The highest BCUT2D eigenvalue weighted by molar-refractivity contribution is 5.82. The fraction of sp³-hybridized carbons (Fsp3) is 0.429. The van der Waals surface area contributed by atoms with Crippen LogP contribution in [-0.2, 0) is 11.3 Å². The normalized spacial score (nSPS) is 22.9. The number of aromatic nitrogens is 1. The standard InChI is InChI=1S/C21H27N5O2/c27-21(20-13-18(23-24-20)16-28-19-6-2-1-3-7-19)26-11-9-25(10-12-26)15-17-5-4-8-22-14-17/h1-8,14,18,20,23-24H,9-13,15-16H2. The number of hydrogen-bond donors (Lipinski definition) is 2. The van der Waals surface area contributed by atoms with Crippen molar-refractivity contribution < 1.29 is 9.53 Å². The molecule has 0 aliphatic carbocycles. The molecular formula is C21H27N5O2. The molecule has 2 aliphatic heterocycles. The van der Waals surface area contributed by atoms with Crippen LogP contribution in [0, 0.1) is 0 Å². The number of piperazine rings is 1. The van der Waals surface area contributed by atoms with Crippen molar-refractivity contribution >= 4 is 5.91 Å². The molecule has 1 aromatic carbocycles. The Morgan fingerprint density at radius 1 is 1.07 bits per heavy atom. The molecule has 2 aliphatic rings. The van der Waals surface area contributed by atoms with Crippen molar-refractivity contribution in [3.63, 3.8) is 0 Å². The molecule has 2 N–H and O–H groups in total. The Hall–Kier alpha value is -2.48. The first-order valence-electron chi connectivity index (χ1n) is 9.87. The number of amides is 1. The summed E-state index contributed by atoms with van der Waals surface area (Å²) >= 11 is 0. The van der Waals surface area contributed by atoms with Crippen molar-refractivity contribution in [1.82, 2.24) is 25.6 Å². The van der Waals surface area contributed by atoms with Gasteiger partial charge in [-0.3, -0.25) is 20.1 Å². The molecule has 0 spiro atoms. The number of pyridine rings is 1. The molecule has 2 fully saturated rings. The molecule has 0 bridgehead atoms. The summed E-state index contributed by atoms with van der Waals surface area (Å²) in [6, 6.07) is 13.8. The van der Waals surface area contributed by atoms with Gasteiger partial charge >= 0.3 is 0 Å². The highest BCUT2D eigenvalue weighted by Crippen LogP contribution is 2.14. The van der Waals surface area contributed by atoms with Crippen molar-refractivity contribution in [2.75, 3.05) is 32.8 Å². The Morgan fingerprint density at radius 3 is 2.64 bits per heavy atom. The molecule has 2 aromatic rings. The Morgan fingerprint density at radius 2 is 1.89 bits per heavy atom. The number of benzene rings is 1. The van der Waals surface area contributed by atoms with E-state index in [1.807, 2.05) is 47.5 Å². The van der Waals surface area contributed by atoms with Gasteiger partial charge in [0.05, 0.1) is 6.04 Å². The summed E-state index contributed by atoms with van der Waals surface area (Å²) in [4.78, 5) is 21.4. The van der Waals surface area contributed by atoms with Crippen molar-refractivity contribution in [2.45, 2.75) is 25.0 Å². The molecule has 4 rings (SSSR count). The van der Waals surface area contributed by atoms with Gasteiger partial charge in [0.15, 0.2) is 0 Å². The van der Waals surface area contributed by atoms with Crippen LogP contribution in [0.3, 0.4) is 0 Å². The van der Waals surface area contributed by atoms with Crippen molar-refractivity contribution in [3.05, 3.63) is 60.4 Å². The van der Waals surface area contributed by atoms with E-state index in [2.05, 4.69) is 26.8 Å². The molecule has 3 heterocycles. The van der Waals surface area contributed by atoms with Crippen LogP contribution in [0.2, 0.25) is 0 Å². The van der Waals surface area contributed by atoms with E-state index in [0.717, 1.165) is 44.9 Å². The molecule has 0 radical (unpaired) electrons. The van der Waals surface area contributed by atoms with Gasteiger partial charge in [-0.05, 0) is 30.2 Å². The number of para-hydroxylation sites is 1. The first-order chi connectivity index (χ1) is 13.8. The SMILES string of the molecule is O=C(C1CC(COc2ccccc2)NN1)N1CCN(Cc2cccnc2)CC1. The number of nitrogens with one attached hydrogen (secondary N) is 2. The Balaban J connectivity index is 1.20. The van der Waals surface area contributed by atoms with Crippen molar-refractivity contribution in [3.8, 4) is 5.75 Å². The van der Waals surface area contributed by atoms with Crippen LogP contribution in [0.15, 0.2) is 54.9 Å². The Labute approximate surface area is 165 Å². The lowest BCUT2D eigenvalue weighted by molar-refractivity contribution is -0.135. The van der Waals surface area contributed by atoms with Crippen LogP contribution in [-0.4, -0.2) is 65.6 Å². The predicted molar refractivity (Wildman–Crippen MR) is 106 cm³/mol. The van der Waals surface area contributed by atoms with E-state index in [-0.39, 0.29) is 18.0 Å². The third-order valence-electron chi connectivity index (χ3n) is 5.29. The van der Waals surface area contributed by atoms with Gasteiger partial charge in [0.25, 0.3) is 0 Å². The van der Waals surface area contributed by atoms with E-state index in [1.165, 1.54) is 5.56 Å². The third-order valence-corrected chi connectivity index (χ3v) is 5.29. The summed E-state index contributed by atoms with van der Waals surface area (Å²) in [6.07, 6.45) is 4.44. The second kappa shape index (κ2) is 9.14. The Kier molecular flexibility index (Phi) is 6.16. The topological polar surface area (TPSA) is 69.7 Å². The van der Waals surface area contributed by atoms with Gasteiger partial charge < -0.3 is 9.64 Å². The maximum absolute atomic E-state index is 12.8. The van der Waals surface area contributed by atoms with Crippen LogP contribution < -0.4 is 15.6 Å². The van der Waals surface area contributed by atoms with E-state index in [4.69, 9.17) is 4.74 Å². The number of hydrazine groups is 1. The quantitative estimate of drug-likeness (QED) is 0.779. The van der Waals surface area contributed by atoms with Crippen LogP contribution in [0.25, 0.3) is 0 Å². The molecule has 148 valence electrons. The minimum atomic E-state index is -0.186. The zero-order chi connectivity index (χ0) is 19.2. The molecule has 1 aromatic heterocycles. The first kappa shape index (κ1) is 18.9. The Bertz CT molecular complexity index is 746. The minimum absolute atomic E-state index is 0.126. The second-order valence-corrected chi connectivity index (χ2v) is 7.36. The molecule has 1 amide bonds. The number of carbonyl (C=O) groups excluding carboxylic acids is 1. The number of carbonyl (C=O) groups is 1. The van der Waals surface area contributed by atoms with Gasteiger partial charge in [-0.2, -0.15) is 0 Å². The predicted octanol–water partition coefficient (Wildman–Crippen LogP) is 1.04. The van der Waals surface area contributed by atoms with Crippen LogP contribution >= 0.6 is 0 Å². The smallest absolute Gasteiger partial charge is 0.241 e. The fourth-order valence-electron chi connectivity index (χ4n) is 3.70. The number of rotatable bonds is 6. The van der Waals surface area contributed by atoms with Crippen molar-refractivity contribution in [1.29, 1.82) is 0 Å². The lowest BCUT2D eigenvalue weighted by atomic mass is 10.1. The number of ether oxygens (including phenoxy) is 1. The summed E-state index contributed by atoms with van der Waals surface area (Å²) in [5.74, 6) is 1.03. The zero-order valence-corrected chi connectivity index (χ0v) is 16.0. The summed E-state index contributed by atoms with van der Waals surface area (Å²) < 4.78 is 5.79. The van der Waals surface area contributed by atoms with Gasteiger partial charge in [0.1, 0.15) is 18.4 Å². The third kappa shape index (κ3) is 4.86. The maximum atomic E-state index is 12.8. The van der Waals surface area contributed by atoms with Crippen molar-refractivity contribution in [2.24, 2.45) is 0 Å². The summed E-state index contributed by atoms with van der Waals surface area (Å²) in [5.41, 5.74) is 7.56. The molecule has 7 heteroatoms. The van der Waals surface area contributed by atoms with Gasteiger partial charge in [-0.25, -0.2) is 5.43 Å². The average Bonchev–Trinajstić information content (AvgIpc) is 3.23. The van der Waals surface area contributed by atoms with E-state index < -0.39 is 0 Å². The summed E-state index contributed by atoms with van der Waals surface area (Å²) in [5, 5.41) is 0. The largest absolute Gasteiger partial charge is 0.492 e. The van der Waals surface area contributed by atoms with E-state index in [1.54, 1.807) is 6.20 Å².